The zero-order chi connectivity index (χ0) is 20.1. The first-order chi connectivity index (χ1) is 13.5. The van der Waals surface area contributed by atoms with E-state index in [1.807, 2.05) is 30.3 Å². The Bertz CT molecular complexity index is 996. The molecule has 3 aromatic rings. The minimum absolute atomic E-state index is 0.314. The van der Waals surface area contributed by atoms with Gasteiger partial charge in [0.25, 0.3) is 5.91 Å². The summed E-state index contributed by atoms with van der Waals surface area (Å²) in [5.74, 6) is 0.660. The molecule has 28 heavy (non-hydrogen) atoms. The molecule has 0 aliphatic rings. The van der Waals surface area contributed by atoms with Crippen molar-refractivity contribution in [1.29, 1.82) is 0 Å². The van der Waals surface area contributed by atoms with Gasteiger partial charge in [-0.1, -0.05) is 53.5 Å². The third-order valence-corrected chi connectivity index (χ3v) is 5.22. The van der Waals surface area contributed by atoms with Gasteiger partial charge in [0.1, 0.15) is 6.61 Å². The van der Waals surface area contributed by atoms with E-state index in [4.69, 9.17) is 32.7 Å². The lowest BCUT2D eigenvalue weighted by Gasteiger charge is -2.14. The van der Waals surface area contributed by atoms with Crippen molar-refractivity contribution in [3.8, 4) is 11.5 Å². The van der Waals surface area contributed by atoms with Crippen LogP contribution >= 0.6 is 39.1 Å². The number of nitrogens with one attached hydrogen (secondary N) is 1. The number of carbonyl (C=O) groups is 1. The predicted octanol–water partition coefficient (Wildman–Crippen LogP) is 6.60. The van der Waals surface area contributed by atoms with E-state index in [0.717, 1.165) is 5.56 Å². The van der Waals surface area contributed by atoms with Crippen molar-refractivity contribution in [2.45, 2.75) is 6.61 Å². The van der Waals surface area contributed by atoms with E-state index in [1.165, 1.54) is 0 Å². The summed E-state index contributed by atoms with van der Waals surface area (Å²) in [7, 11) is 1.55. The van der Waals surface area contributed by atoms with E-state index in [2.05, 4.69) is 21.2 Å². The molecular weight excluding hydrogens is 465 g/mol. The highest BCUT2D eigenvalue weighted by Gasteiger charge is 2.16. The molecular formula is C21H16BrCl2NO3. The Hall–Kier alpha value is -2.21. The van der Waals surface area contributed by atoms with E-state index in [-0.39, 0.29) is 5.91 Å². The highest BCUT2D eigenvalue weighted by molar-refractivity contribution is 9.10. The minimum atomic E-state index is -0.314. The average Bonchev–Trinajstić information content (AvgIpc) is 2.69. The Labute approximate surface area is 181 Å². The maximum Gasteiger partial charge on any atom is 0.255 e. The molecule has 3 rings (SSSR count). The topological polar surface area (TPSA) is 47.6 Å². The summed E-state index contributed by atoms with van der Waals surface area (Å²) in [5, 5.41) is 3.58. The second-order valence-electron chi connectivity index (χ2n) is 5.85. The fourth-order valence-corrected chi connectivity index (χ4v) is 3.42. The molecule has 1 amide bonds. The maximum atomic E-state index is 12.7. The molecule has 4 nitrogen and oxygen atoms in total. The first-order valence-electron chi connectivity index (χ1n) is 8.28. The highest BCUT2D eigenvalue weighted by atomic mass is 79.9. The van der Waals surface area contributed by atoms with Gasteiger partial charge in [0.2, 0.25) is 0 Å². The van der Waals surface area contributed by atoms with Crippen molar-refractivity contribution in [3.05, 3.63) is 86.3 Å². The van der Waals surface area contributed by atoms with Gasteiger partial charge >= 0.3 is 0 Å². The lowest BCUT2D eigenvalue weighted by molar-refractivity contribution is 0.102. The number of rotatable bonds is 6. The second-order valence-corrected chi connectivity index (χ2v) is 7.52. The molecule has 144 valence electrons. The zero-order valence-electron chi connectivity index (χ0n) is 14.8. The van der Waals surface area contributed by atoms with Gasteiger partial charge in [-0.2, -0.15) is 0 Å². The van der Waals surface area contributed by atoms with Crippen LogP contribution in [0.2, 0.25) is 10.0 Å². The van der Waals surface area contributed by atoms with Gasteiger partial charge in [0, 0.05) is 11.3 Å². The van der Waals surface area contributed by atoms with Crippen molar-refractivity contribution in [3.63, 3.8) is 0 Å². The van der Waals surface area contributed by atoms with Gasteiger partial charge in [0.15, 0.2) is 11.5 Å². The maximum absolute atomic E-state index is 12.7. The van der Waals surface area contributed by atoms with Gasteiger partial charge in [-0.25, -0.2) is 0 Å². The number of anilines is 1. The van der Waals surface area contributed by atoms with Crippen LogP contribution in [0, 0.1) is 0 Å². The smallest absolute Gasteiger partial charge is 0.255 e. The summed E-state index contributed by atoms with van der Waals surface area (Å²) in [6, 6.07) is 17.9. The third-order valence-electron chi connectivity index (χ3n) is 3.89. The summed E-state index contributed by atoms with van der Waals surface area (Å²) in [6.45, 7) is 0.349. The summed E-state index contributed by atoms with van der Waals surface area (Å²) < 4.78 is 11.9. The average molecular weight is 481 g/mol. The molecule has 0 saturated heterocycles. The number of amides is 1. The van der Waals surface area contributed by atoms with Crippen molar-refractivity contribution in [2.24, 2.45) is 0 Å². The first-order valence-corrected chi connectivity index (χ1v) is 9.83. The van der Waals surface area contributed by atoms with Crippen LogP contribution < -0.4 is 14.8 Å². The van der Waals surface area contributed by atoms with Crippen molar-refractivity contribution < 1.29 is 14.3 Å². The molecule has 0 aromatic heterocycles. The van der Waals surface area contributed by atoms with Gasteiger partial charge in [-0.15, -0.1) is 0 Å². The SMILES string of the molecule is COc1c(Br)cc(C(=O)Nc2ccc(Cl)c(Cl)c2)cc1OCc1ccccc1. The largest absolute Gasteiger partial charge is 0.492 e. The Kier molecular flexibility index (Phi) is 6.83. The number of benzene rings is 3. The Morgan fingerprint density at radius 2 is 1.79 bits per heavy atom. The molecule has 0 aliphatic heterocycles. The summed E-state index contributed by atoms with van der Waals surface area (Å²) in [4.78, 5) is 12.7. The third kappa shape index (κ3) is 4.98. The molecule has 0 radical (unpaired) electrons. The van der Waals surface area contributed by atoms with Gasteiger partial charge < -0.3 is 14.8 Å². The van der Waals surface area contributed by atoms with E-state index in [1.54, 1.807) is 37.4 Å². The molecule has 3 aromatic carbocycles. The summed E-state index contributed by atoms with van der Waals surface area (Å²) in [5.41, 5.74) is 1.95. The standard InChI is InChI=1S/C21H16BrCl2NO3/c1-27-20-16(22)9-14(10-19(20)28-12-13-5-3-2-4-6-13)21(26)25-15-7-8-17(23)18(24)11-15/h2-11H,12H2,1H3,(H,25,26). The van der Waals surface area contributed by atoms with Crippen LogP contribution in [-0.4, -0.2) is 13.0 Å². The van der Waals surface area contributed by atoms with Crippen molar-refractivity contribution in [2.75, 3.05) is 12.4 Å². The monoisotopic (exact) mass is 479 g/mol. The van der Waals surface area contributed by atoms with Crippen LogP contribution in [0.3, 0.4) is 0 Å². The molecule has 0 atom stereocenters. The molecule has 1 N–H and O–H groups in total. The molecule has 7 heteroatoms. The van der Waals surface area contributed by atoms with Crippen LogP contribution in [0.5, 0.6) is 11.5 Å². The highest BCUT2D eigenvalue weighted by Crippen LogP contribution is 2.37. The van der Waals surface area contributed by atoms with E-state index in [9.17, 15) is 4.79 Å². The Morgan fingerprint density at radius 1 is 1.04 bits per heavy atom. The summed E-state index contributed by atoms with van der Waals surface area (Å²) in [6.07, 6.45) is 0. The molecule has 0 heterocycles. The van der Waals surface area contributed by atoms with Crippen molar-refractivity contribution >= 4 is 50.7 Å². The fourth-order valence-electron chi connectivity index (χ4n) is 2.52. The molecule has 0 fully saturated rings. The second kappa shape index (κ2) is 9.32. The molecule has 0 bridgehead atoms. The number of methoxy groups -OCH3 is 1. The van der Waals surface area contributed by atoms with Crippen LogP contribution in [0.25, 0.3) is 0 Å². The van der Waals surface area contributed by atoms with Gasteiger partial charge in [0.05, 0.1) is 21.6 Å². The summed E-state index contributed by atoms with van der Waals surface area (Å²) >= 11 is 15.4. The molecule has 0 aliphatic carbocycles. The molecule has 0 spiro atoms. The number of hydrogen-bond donors (Lipinski definition) is 1. The number of ether oxygens (including phenoxy) is 2. The zero-order valence-corrected chi connectivity index (χ0v) is 17.9. The van der Waals surface area contributed by atoms with E-state index < -0.39 is 0 Å². The lowest BCUT2D eigenvalue weighted by atomic mass is 10.1. The van der Waals surface area contributed by atoms with Crippen LogP contribution in [0.1, 0.15) is 15.9 Å². The predicted molar refractivity (Wildman–Crippen MR) is 116 cm³/mol. The number of halogens is 3. The fraction of sp³-hybridized carbons (Fsp3) is 0.0952. The normalized spacial score (nSPS) is 10.4. The quantitative estimate of drug-likeness (QED) is 0.432. The van der Waals surface area contributed by atoms with Gasteiger partial charge in [-0.3, -0.25) is 4.79 Å². The molecule has 0 unspecified atom stereocenters. The Morgan fingerprint density at radius 3 is 2.46 bits per heavy atom. The lowest BCUT2D eigenvalue weighted by Crippen LogP contribution is -2.12. The van der Waals surface area contributed by atoms with Crippen molar-refractivity contribution in [1.82, 2.24) is 0 Å². The minimum Gasteiger partial charge on any atom is -0.492 e. The number of carbonyl (C=O) groups excluding carboxylic acids is 1. The molecule has 0 saturated carbocycles. The number of hydrogen-bond acceptors (Lipinski definition) is 3. The van der Waals surface area contributed by atoms with E-state index >= 15 is 0 Å². The van der Waals surface area contributed by atoms with Crippen LogP contribution in [0.4, 0.5) is 5.69 Å². The van der Waals surface area contributed by atoms with Gasteiger partial charge in [-0.05, 0) is 51.8 Å². The van der Waals surface area contributed by atoms with Crippen LogP contribution in [-0.2, 0) is 6.61 Å². The van der Waals surface area contributed by atoms with E-state index in [0.29, 0.717) is 43.9 Å². The Balaban J connectivity index is 1.83. The van der Waals surface area contributed by atoms with Crippen LogP contribution in [0.15, 0.2) is 65.1 Å². The first kappa shape index (κ1) is 20.5.